The maximum Gasteiger partial charge on any atom is 0.259 e. The molecule has 4 aliphatic carbocycles. The van der Waals surface area contributed by atoms with Gasteiger partial charge in [0, 0.05) is 22.4 Å². The predicted octanol–water partition coefficient (Wildman–Crippen LogP) is 3.59. The fraction of sp³-hybridized carbons (Fsp3) is 0.545. The lowest BCUT2D eigenvalue weighted by Crippen LogP contribution is -2.62. The minimum Gasteiger partial charge on any atom is -0.349 e. The Morgan fingerprint density at radius 3 is 2.19 bits per heavy atom. The van der Waals surface area contributed by atoms with E-state index in [0.29, 0.717) is 11.3 Å². The van der Waals surface area contributed by atoms with Crippen LogP contribution in [0.3, 0.4) is 0 Å². The van der Waals surface area contributed by atoms with Gasteiger partial charge in [-0.05, 0) is 69.3 Å². The monoisotopic (exact) mass is 350 g/mol. The molecule has 2 amide bonds. The number of rotatable bonds is 3. The van der Waals surface area contributed by atoms with Crippen LogP contribution in [0.1, 0.15) is 61.4 Å². The van der Waals surface area contributed by atoms with Crippen LogP contribution < -0.4 is 5.32 Å². The summed E-state index contributed by atoms with van der Waals surface area (Å²) in [7, 11) is 0. The van der Waals surface area contributed by atoms with Crippen molar-refractivity contribution >= 4 is 17.5 Å². The van der Waals surface area contributed by atoms with Crippen LogP contribution in [0.4, 0.5) is 0 Å². The Balaban J connectivity index is 1.35. The molecule has 1 heterocycles. The van der Waals surface area contributed by atoms with Gasteiger partial charge in [0.05, 0.1) is 0 Å². The highest BCUT2D eigenvalue weighted by atomic mass is 16.2. The quantitative estimate of drug-likeness (QED) is 0.906. The zero-order valence-electron chi connectivity index (χ0n) is 15.3. The van der Waals surface area contributed by atoms with Crippen molar-refractivity contribution in [3.05, 3.63) is 42.0 Å². The molecule has 136 valence electrons. The smallest absolute Gasteiger partial charge is 0.259 e. The second-order valence-electron chi connectivity index (χ2n) is 9.03. The summed E-state index contributed by atoms with van der Waals surface area (Å²) in [4.78, 5) is 27.5. The Kier molecular flexibility index (Phi) is 3.37. The third-order valence-electron chi connectivity index (χ3n) is 7.17. The maximum absolute atomic E-state index is 13.1. The molecule has 1 aromatic rings. The molecule has 1 N–H and O–H groups in total. The van der Waals surface area contributed by atoms with Gasteiger partial charge in [0.15, 0.2) is 0 Å². The van der Waals surface area contributed by atoms with Crippen LogP contribution in [-0.2, 0) is 4.79 Å². The van der Waals surface area contributed by atoms with Crippen LogP contribution in [0.2, 0.25) is 0 Å². The van der Waals surface area contributed by atoms with E-state index >= 15 is 0 Å². The molecule has 4 saturated carbocycles. The molecule has 4 bridgehead atoms. The van der Waals surface area contributed by atoms with Crippen LogP contribution >= 0.6 is 0 Å². The fourth-order valence-corrected chi connectivity index (χ4v) is 6.46. The van der Waals surface area contributed by atoms with Crippen LogP contribution in [0, 0.1) is 17.8 Å². The van der Waals surface area contributed by atoms with Crippen molar-refractivity contribution in [2.45, 2.75) is 57.0 Å². The molecular weight excluding hydrogens is 324 g/mol. The highest BCUT2D eigenvalue weighted by Crippen LogP contribution is 2.55. The molecule has 4 nitrogen and oxygen atoms in total. The first-order valence-corrected chi connectivity index (χ1v) is 9.90. The second kappa shape index (κ2) is 5.45. The zero-order valence-corrected chi connectivity index (χ0v) is 15.3. The number of carbonyl (C=O) groups is 2. The number of amides is 2. The first-order chi connectivity index (χ1) is 12.5. The molecule has 4 heteroatoms. The molecule has 0 spiro atoms. The minimum atomic E-state index is -0.532. The van der Waals surface area contributed by atoms with Crippen LogP contribution in [-0.4, -0.2) is 28.3 Å². The van der Waals surface area contributed by atoms with Gasteiger partial charge in [0.25, 0.3) is 5.91 Å². The Hall–Kier alpha value is -2.10. The lowest BCUT2D eigenvalue weighted by Gasteiger charge is -2.57. The maximum atomic E-state index is 13.1. The van der Waals surface area contributed by atoms with E-state index in [9.17, 15) is 9.59 Å². The highest BCUT2D eigenvalue weighted by molar-refractivity contribution is 6.10. The summed E-state index contributed by atoms with van der Waals surface area (Å²) < 4.78 is 0. The van der Waals surface area contributed by atoms with E-state index in [-0.39, 0.29) is 17.4 Å². The van der Waals surface area contributed by atoms with Gasteiger partial charge in [0.1, 0.15) is 6.04 Å². The van der Waals surface area contributed by atoms with Gasteiger partial charge in [-0.15, -0.1) is 0 Å². The van der Waals surface area contributed by atoms with E-state index in [4.69, 9.17) is 0 Å². The summed E-state index contributed by atoms with van der Waals surface area (Å²) in [6.45, 7) is 5.91. The van der Waals surface area contributed by atoms with Crippen molar-refractivity contribution in [2.75, 3.05) is 0 Å². The molecule has 6 rings (SSSR count). The summed E-state index contributed by atoms with van der Waals surface area (Å²) in [6, 6.07) is 6.94. The molecule has 0 saturated heterocycles. The number of carbonyl (C=O) groups excluding carboxylic acids is 2. The largest absolute Gasteiger partial charge is 0.349 e. The summed E-state index contributed by atoms with van der Waals surface area (Å²) in [6.07, 6.45) is 7.40. The van der Waals surface area contributed by atoms with E-state index in [0.717, 1.165) is 42.6 Å². The topological polar surface area (TPSA) is 49.4 Å². The average molecular weight is 350 g/mol. The number of hydrogen-bond acceptors (Lipinski definition) is 2. The number of hydrogen-bond donors (Lipinski definition) is 1. The van der Waals surface area contributed by atoms with Gasteiger partial charge in [-0.2, -0.15) is 0 Å². The van der Waals surface area contributed by atoms with Gasteiger partial charge >= 0.3 is 0 Å². The Morgan fingerprint density at radius 1 is 1.12 bits per heavy atom. The summed E-state index contributed by atoms with van der Waals surface area (Å²) in [5, 5.41) is 3.40. The number of benzene rings is 1. The molecule has 26 heavy (non-hydrogen) atoms. The SMILES string of the molecule is C=C1c2ccccc2C(=O)N1[C@@H](C)C(=O)NC12CC3CC(CC(C3)C1)C2. The molecule has 4 fully saturated rings. The Labute approximate surface area is 154 Å². The lowest BCUT2D eigenvalue weighted by atomic mass is 9.53. The molecule has 0 radical (unpaired) electrons. The standard InChI is InChI=1S/C22H26N2O2/c1-13-18-5-3-4-6-19(18)21(26)24(13)14(2)20(25)23-22-10-15-7-16(11-22)9-17(8-15)12-22/h3-6,14-17H,1,7-12H2,2H3,(H,23,25)/t14-,15?,16?,17?,22?/m0/s1. The molecular formula is C22H26N2O2. The van der Waals surface area contributed by atoms with E-state index in [1.165, 1.54) is 19.3 Å². The molecule has 5 aliphatic rings. The molecule has 1 atom stereocenters. The number of fused-ring (bicyclic) bond motifs is 1. The molecule has 1 aliphatic heterocycles. The van der Waals surface area contributed by atoms with Gasteiger partial charge in [-0.3, -0.25) is 14.5 Å². The van der Waals surface area contributed by atoms with Crippen LogP contribution in [0.25, 0.3) is 5.70 Å². The van der Waals surface area contributed by atoms with Crippen molar-refractivity contribution in [1.29, 1.82) is 0 Å². The molecule has 0 unspecified atom stereocenters. The van der Waals surface area contributed by atoms with Crippen molar-refractivity contribution < 1.29 is 9.59 Å². The summed E-state index contributed by atoms with van der Waals surface area (Å²) in [5.74, 6) is 2.20. The van der Waals surface area contributed by atoms with Crippen molar-refractivity contribution in [3.63, 3.8) is 0 Å². The Morgan fingerprint density at radius 2 is 1.65 bits per heavy atom. The van der Waals surface area contributed by atoms with Gasteiger partial charge in [-0.1, -0.05) is 24.8 Å². The van der Waals surface area contributed by atoms with Gasteiger partial charge in [-0.25, -0.2) is 0 Å². The van der Waals surface area contributed by atoms with E-state index in [1.54, 1.807) is 4.90 Å². The van der Waals surface area contributed by atoms with E-state index in [2.05, 4.69) is 11.9 Å². The lowest BCUT2D eigenvalue weighted by molar-refractivity contribution is -0.130. The Bertz CT molecular complexity index is 742. The second-order valence-corrected chi connectivity index (χ2v) is 9.03. The van der Waals surface area contributed by atoms with Crippen molar-refractivity contribution in [2.24, 2.45) is 17.8 Å². The predicted molar refractivity (Wildman–Crippen MR) is 100 cm³/mol. The third-order valence-corrected chi connectivity index (χ3v) is 7.17. The van der Waals surface area contributed by atoms with Crippen molar-refractivity contribution in [3.8, 4) is 0 Å². The number of nitrogens with one attached hydrogen (secondary N) is 1. The first kappa shape index (κ1) is 16.1. The average Bonchev–Trinajstić information content (AvgIpc) is 2.84. The fourth-order valence-electron chi connectivity index (χ4n) is 6.46. The van der Waals surface area contributed by atoms with Crippen molar-refractivity contribution in [1.82, 2.24) is 10.2 Å². The summed E-state index contributed by atoms with van der Waals surface area (Å²) in [5.41, 5.74) is 2.09. The van der Waals surface area contributed by atoms with Gasteiger partial charge < -0.3 is 5.32 Å². The minimum absolute atomic E-state index is 0.0307. The zero-order chi connectivity index (χ0) is 18.1. The first-order valence-electron chi connectivity index (χ1n) is 9.90. The highest BCUT2D eigenvalue weighted by Gasteiger charge is 2.52. The van der Waals surface area contributed by atoms with Gasteiger partial charge in [0.2, 0.25) is 5.91 Å². The van der Waals surface area contributed by atoms with Crippen LogP contribution in [0.5, 0.6) is 0 Å². The molecule has 1 aromatic carbocycles. The third kappa shape index (κ3) is 2.27. The normalized spacial score (nSPS) is 35.6. The van der Waals surface area contributed by atoms with E-state index in [1.807, 2.05) is 31.2 Å². The van der Waals surface area contributed by atoms with E-state index < -0.39 is 6.04 Å². The number of nitrogens with zero attached hydrogens (tertiary/aromatic N) is 1. The molecule has 0 aromatic heterocycles. The summed E-state index contributed by atoms with van der Waals surface area (Å²) >= 11 is 0. The van der Waals surface area contributed by atoms with Crippen LogP contribution in [0.15, 0.2) is 30.8 Å².